The molecular formula is C32H52N2O2. The predicted octanol–water partition coefficient (Wildman–Crippen LogP) is 5.67. The highest BCUT2D eigenvalue weighted by Crippen LogP contribution is 2.64. The third-order valence-corrected chi connectivity index (χ3v) is 12.1. The summed E-state index contributed by atoms with van der Waals surface area (Å²) in [5.41, 5.74) is 5.42. The Morgan fingerprint density at radius 1 is 1.17 bits per heavy atom. The summed E-state index contributed by atoms with van der Waals surface area (Å²) in [5.74, 6) is 3.70. The van der Waals surface area contributed by atoms with Crippen LogP contribution in [0.5, 0.6) is 0 Å². The Balaban J connectivity index is 1.26. The molecule has 1 spiro atoms. The molecule has 36 heavy (non-hydrogen) atoms. The van der Waals surface area contributed by atoms with Crippen molar-refractivity contribution in [3.63, 3.8) is 0 Å². The summed E-state index contributed by atoms with van der Waals surface area (Å²) in [6.45, 7) is 13.5. The van der Waals surface area contributed by atoms with Crippen molar-refractivity contribution < 1.29 is 9.84 Å². The maximum absolute atomic E-state index is 10.3. The molecule has 0 amide bonds. The molecule has 2 saturated heterocycles. The molecule has 4 aliphatic carbocycles. The number of allylic oxidation sites excluding steroid dienone is 2. The number of likely N-dealkylation sites (N-methyl/N-ethyl adjacent to an activating group) is 1. The lowest BCUT2D eigenvalue weighted by molar-refractivity contribution is -0.0795. The van der Waals surface area contributed by atoms with Gasteiger partial charge in [-0.05, 0) is 108 Å². The van der Waals surface area contributed by atoms with Crippen LogP contribution in [0.3, 0.4) is 0 Å². The van der Waals surface area contributed by atoms with E-state index in [0.29, 0.717) is 23.5 Å². The van der Waals surface area contributed by atoms with Crippen LogP contribution in [0.2, 0.25) is 0 Å². The van der Waals surface area contributed by atoms with E-state index in [0.717, 1.165) is 49.6 Å². The van der Waals surface area contributed by atoms with Crippen LogP contribution in [-0.4, -0.2) is 72.5 Å². The number of likely N-dealkylation sites (tertiary alicyclic amines) is 1. The number of rotatable bonds is 3. The van der Waals surface area contributed by atoms with Crippen LogP contribution in [0.1, 0.15) is 85.5 Å². The number of nitrogens with zero attached hydrogens (tertiary/aromatic N) is 2. The van der Waals surface area contributed by atoms with Crippen molar-refractivity contribution in [3.8, 4) is 0 Å². The molecule has 6 aliphatic rings. The Morgan fingerprint density at radius 2 is 1.97 bits per heavy atom. The first kappa shape index (κ1) is 25.6. The number of aliphatic hydroxyl groups is 1. The molecule has 6 rings (SSSR count). The van der Waals surface area contributed by atoms with Crippen LogP contribution in [0.15, 0.2) is 22.8 Å². The van der Waals surface area contributed by atoms with Crippen molar-refractivity contribution in [2.24, 2.45) is 35.0 Å². The minimum atomic E-state index is -0.207. The molecule has 0 bridgehead atoms. The Bertz CT molecular complexity index is 925. The zero-order valence-electron chi connectivity index (χ0n) is 23.9. The highest BCUT2D eigenvalue weighted by atomic mass is 16.5. The fraction of sp³-hybridized carbons (Fsp3) is 0.875. The molecule has 0 aromatic heterocycles. The van der Waals surface area contributed by atoms with E-state index in [1.165, 1.54) is 51.5 Å². The Kier molecular flexibility index (Phi) is 6.55. The van der Waals surface area contributed by atoms with Crippen LogP contribution in [0.4, 0.5) is 0 Å². The zero-order chi connectivity index (χ0) is 25.4. The van der Waals surface area contributed by atoms with E-state index in [-0.39, 0.29) is 11.7 Å². The predicted molar refractivity (Wildman–Crippen MR) is 147 cm³/mol. The van der Waals surface area contributed by atoms with Crippen molar-refractivity contribution in [1.29, 1.82) is 0 Å². The van der Waals surface area contributed by atoms with Gasteiger partial charge in [-0.25, -0.2) is 0 Å². The topological polar surface area (TPSA) is 35.9 Å². The molecule has 0 aromatic rings. The fourth-order valence-corrected chi connectivity index (χ4v) is 10.2. The van der Waals surface area contributed by atoms with E-state index in [9.17, 15) is 5.11 Å². The van der Waals surface area contributed by atoms with Gasteiger partial charge in [-0.15, -0.1) is 0 Å². The van der Waals surface area contributed by atoms with E-state index in [4.69, 9.17) is 4.74 Å². The minimum Gasteiger partial charge on any atom is -0.389 e. The second-order valence-corrected chi connectivity index (χ2v) is 14.5. The summed E-state index contributed by atoms with van der Waals surface area (Å²) in [4.78, 5) is 5.14. The summed E-state index contributed by atoms with van der Waals surface area (Å²) in [6, 6.07) is 0.583. The number of hydrogen-bond acceptors (Lipinski definition) is 4. The Labute approximate surface area is 220 Å². The summed E-state index contributed by atoms with van der Waals surface area (Å²) in [6.07, 6.45) is 13.3. The third kappa shape index (κ3) is 4.00. The second kappa shape index (κ2) is 9.21. The minimum absolute atomic E-state index is 0.0330. The van der Waals surface area contributed by atoms with Gasteiger partial charge < -0.3 is 14.7 Å². The maximum Gasteiger partial charge on any atom is 0.0765 e. The zero-order valence-corrected chi connectivity index (χ0v) is 23.9. The molecule has 4 heteroatoms. The van der Waals surface area contributed by atoms with Gasteiger partial charge in [-0.3, -0.25) is 4.90 Å². The Morgan fingerprint density at radius 3 is 2.75 bits per heavy atom. The van der Waals surface area contributed by atoms with Gasteiger partial charge in [0.05, 0.1) is 17.8 Å². The molecule has 2 aliphatic heterocycles. The first-order valence-corrected chi connectivity index (χ1v) is 15.3. The lowest BCUT2D eigenvalue weighted by atomic mass is 9.56. The second-order valence-electron chi connectivity index (χ2n) is 14.5. The van der Waals surface area contributed by atoms with Gasteiger partial charge in [0.25, 0.3) is 0 Å². The van der Waals surface area contributed by atoms with Crippen molar-refractivity contribution >= 4 is 0 Å². The number of hydrogen-bond donors (Lipinski definition) is 1. The number of fused-ring (bicyclic) bond motifs is 6. The largest absolute Gasteiger partial charge is 0.389 e. The van der Waals surface area contributed by atoms with E-state index < -0.39 is 0 Å². The van der Waals surface area contributed by atoms with Crippen LogP contribution >= 0.6 is 0 Å². The van der Waals surface area contributed by atoms with Gasteiger partial charge >= 0.3 is 0 Å². The third-order valence-electron chi connectivity index (χ3n) is 12.1. The summed E-state index contributed by atoms with van der Waals surface area (Å²) >= 11 is 0. The molecular weight excluding hydrogens is 444 g/mol. The molecule has 4 fully saturated rings. The van der Waals surface area contributed by atoms with Crippen LogP contribution in [0.25, 0.3) is 0 Å². The summed E-state index contributed by atoms with van der Waals surface area (Å²) in [7, 11) is 4.40. The Hall–Kier alpha value is -0.680. The lowest BCUT2D eigenvalue weighted by Crippen LogP contribution is -2.53. The normalized spacial score (nSPS) is 48.9. The average molecular weight is 497 g/mol. The maximum atomic E-state index is 10.3. The monoisotopic (exact) mass is 496 g/mol. The molecule has 10 atom stereocenters. The molecule has 0 aromatic carbocycles. The van der Waals surface area contributed by atoms with Crippen molar-refractivity contribution in [1.82, 2.24) is 9.80 Å². The molecule has 0 radical (unpaired) electrons. The smallest absolute Gasteiger partial charge is 0.0765 e. The van der Waals surface area contributed by atoms with Crippen molar-refractivity contribution in [2.75, 3.05) is 33.7 Å². The summed E-state index contributed by atoms with van der Waals surface area (Å²) < 4.78 is 7.26. The first-order chi connectivity index (χ1) is 17.1. The molecule has 2 saturated carbocycles. The summed E-state index contributed by atoms with van der Waals surface area (Å²) in [5, 5.41) is 10.3. The van der Waals surface area contributed by atoms with E-state index >= 15 is 0 Å². The van der Waals surface area contributed by atoms with Crippen LogP contribution < -0.4 is 0 Å². The number of piperidine rings is 1. The van der Waals surface area contributed by atoms with Gasteiger partial charge in [0.2, 0.25) is 0 Å². The molecule has 4 nitrogen and oxygen atoms in total. The lowest BCUT2D eigenvalue weighted by Gasteiger charge is -2.49. The van der Waals surface area contributed by atoms with Crippen molar-refractivity contribution in [2.45, 2.75) is 109 Å². The van der Waals surface area contributed by atoms with Crippen LogP contribution in [-0.2, 0) is 4.74 Å². The number of aliphatic hydroxyl groups excluding tert-OH is 1. The molecule has 1 N–H and O–H groups in total. The first-order valence-electron chi connectivity index (χ1n) is 15.3. The molecule has 2 unspecified atom stereocenters. The van der Waals surface area contributed by atoms with E-state index in [1.807, 2.05) is 5.57 Å². The van der Waals surface area contributed by atoms with Gasteiger partial charge in [-0.1, -0.05) is 43.6 Å². The quantitative estimate of drug-likeness (QED) is 0.511. The molecule has 2 heterocycles. The van der Waals surface area contributed by atoms with E-state index in [1.54, 1.807) is 11.1 Å². The van der Waals surface area contributed by atoms with Gasteiger partial charge in [0, 0.05) is 31.6 Å². The van der Waals surface area contributed by atoms with Crippen LogP contribution in [0, 0.1) is 35.0 Å². The molecule has 202 valence electrons. The fourth-order valence-electron chi connectivity index (χ4n) is 10.2. The number of ether oxygens (including phenoxy) is 1. The average Bonchev–Trinajstić information content (AvgIpc) is 3.28. The van der Waals surface area contributed by atoms with Crippen molar-refractivity contribution in [3.05, 3.63) is 22.8 Å². The highest BCUT2D eigenvalue weighted by molar-refractivity contribution is 5.33. The van der Waals surface area contributed by atoms with Gasteiger partial charge in [0.15, 0.2) is 0 Å². The van der Waals surface area contributed by atoms with Gasteiger partial charge in [-0.2, -0.15) is 0 Å². The highest BCUT2D eigenvalue weighted by Gasteiger charge is 2.59. The SMILES string of the molecule is CC1=C2C[C@H]3C(CCC4=C[C@@H](O)CC[C@@]43C)[C@@H]2CC[C@@]2(C1)O[C@@H]1C[C@H](C)CN(CCN(C)C)C1[C@H]2C. The van der Waals surface area contributed by atoms with Gasteiger partial charge in [0.1, 0.15) is 0 Å². The van der Waals surface area contributed by atoms with E-state index in [2.05, 4.69) is 57.7 Å². The standard InChI is InChI=1S/C32H52N2O2/c1-20-15-29-30(34(19-20)14-13-33(5)6)22(3)32(36-29)12-10-25-26-8-7-23-16-24(35)9-11-31(23,4)28(26)17-27(25)21(2)18-32/h16,20,22,24-26,28-30,35H,7-15,17-19H2,1-6H3/t20-,22+,24-,25-,26?,28-,29+,30?,31-,32-/m0/s1.